The van der Waals surface area contributed by atoms with E-state index in [0.29, 0.717) is 22.6 Å². The number of aromatic nitrogens is 1. The van der Waals surface area contributed by atoms with E-state index < -0.39 is 5.63 Å². The molecule has 1 aliphatic rings. The molecule has 1 atom stereocenters. The van der Waals surface area contributed by atoms with Crippen molar-refractivity contribution in [3.63, 3.8) is 0 Å². The third kappa shape index (κ3) is 2.00. The summed E-state index contributed by atoms with van der Waals surface area (Å²) in [7, 11) is 1.57. The molecule has 2 aromatic heterocycles. The zero-order valence-corrected chi connectivity index (χ0v) is 13.2. The number of nitrogens with two attached hydrogens (primary N) is 1. The van der Waals surface area contributed by atoms with Gasteiger partial charge in [0.1, 0.15) is 11.2 Å². The lowest BCUT2D eigenvalue weighted by atomic mass is 9.84. The molecule has 0 aliphatic heterocycles. The van der Waals surface area contributed by atoms with Crippen molar-refractivity contribution in [3.05, 3.63) is 39.9 Å². The van der Waals surface area contributed by atoms with Gasteiger partial charge in [-0.3, -0.25) is 0 Å². The number of nitrogens with zero attached hydrogens (tertiary/aromatic N) is 1. The van der Waals surface area contributed by atoms with Crippen molar-refractivity contribution < 1.29 is 9.15 Å². The van der Waals surface area contributed by atoms with Crippen molar-refractivity contribution in [1.82, 2.24) is 4.98 Å². The Hall–Kier alpha value is -2.56. The van der Waals surface area contributed by atoms with Crippen molar-refractivity contribution in [1.29, 1.82) is 0 Å². The van der Waals surface area contributed by atoms with Crippen LogP contribution >= 0.6 is 0 Å². The first kappa shape index (κ1) is 14.1. The second kappa shape index (κ2) is 4.98. The van der Waals surface area contributed by atoms with E-state index in [2.05, 4.69) is 11.9 Å². The standard InChI is InChI=1S/C18H18N2O3/c1-9-6-7-12-11(8-9)14-10-4-3-5-13(22-2)16(10)23-18(21)15(14)17(19)20-12/h3-5,9H,6-8H2,1-2H3,(H2,19,20). The zero-order chi connectivity index (χ0) is 16.1. The minimum Gasteiger partial charge on any atom is -0.493 e. The molecule has 1 unspecified atom stereocenters. The lowest BCUT2D eigenvalue weighted by Crippen LogP contribution is -2.17. The van der Waals surface area contributed by atoms with Crippen LogP contribution in [0.25, 0.3) is 21.7 Å². The molecular formula is C18H18N2O3. The van der Waals surface area contributed by atoms with Crippen molar-refractivity contribution in [2.45, 2.75) is 26.2 Å². The van der Waals surface area contributed by atoms with Crippen LogP contribution in [0.2, 0.25) is 0 Å². The molecule has 0 amide bonds. The molecule has 4 rings (SSSR count). The summed E-state index contributed by atoms with van der Waals surface area (Å²) in [5.74, 6) is 1.37. The van der Waals surface area contributed by atoms with Crippen LogP contribution < -0.4 is 16.1 Å². The molecule has 3 aromatic rings. The molecule has 0 fully saturated rings. The SMILES string of the molecule is COc1cccc2c1oc(=O)c1c(N)nc3c(c12)CC(C)CC3. The highest BCUT2D eigenvalue weighted by molar-refractivity contribution is 6.10. The van der Waals surface area contributed by atoms with E-state index in [1.165, 1.54) is 0 Å². The third-order valence-corrected chi connectivity index (χ3v) is 4.71. The highest BCUT2D eigenvalue weighted by Crippen LogP contribution is 2.37. The van der Waals surface area contributed by atoms with Gasteiger partial charge in [-0.1, -0.05) is 19.1 Å². The maximum absolute atomic E-state index is 12.5. The van der Waals surface area contributed by atoms with Crippen molar-refractivity contribution in [2.24, 2.45) is 5.92 Å². The molecule has 0 spiro atoms. The number of hydrogen-bond acceptors (Lipinski definition) is 5. The lowest BCUT2D eigenvalue weighted by Gasteiger charge is -2.23. The van der Waals surface area contributed by atoms with Crippen LogP contribution in [-0.2, 0) is 12.8 Å². The number of nitrogen functional groups attached to an aromatic ring is 1. The van der Waals surface area contributed by atoms with E-state index in [1.54, 1.807) is 13.2 Å². The molecule has 0 bridgehead atoms. The Morgan fingerprint density at radius 3 is 2.96 bits per heavy atom. The zero-order valence-electron chi connectivity index (χ0n) is 13.2. The van der Waals surface area contributed by atoms with Crippen LogP contribution in [0.5, 0.6) is 5.75 Å². The van der Waals surface area contributed by atoms with Crippen molar-refractivity contribution in [3.8, 4) is 5.75 Å². The summed E-state index contributed by atoms with van der Waals surface area (Å²) in [4.78, 5) is 17.0. The van der Waals surface area contributed by atoms with Gasteiger partial charge in [-0.2, -0.15) is 0 Å². The molecule has 5 heteroatoms. The normalized spacial score (nSPS) is 17.4. The predicted octanol–water partition coefficient (Wildman–Crippen LogP) is 3.06. The van der Waals surface area contributed by atoms with Crippen molar-refractivity contribution >= 4 is 27.6 Å². The third-order valence-electron chi connectivity index (χ3n) is 4.71. The Balaban J connectivity index is 2.25. The number of rotatable bonds is 1. The minimum absolute atomic E-state index is 0.256. The fourth-order valence-electron chi connectivity index (χ4n) is 3.58. The molecule has 118 valence electrons. The Bertz CT molecular complexity index is 991. The summed E-state index contributed by atoms with van der Waals surface area (Å²) < 4.78 is 10.8. The number of ether oxygens (including phenoxy) is 1. The second-order valence-electron chi connectivity index (χ2n) is 6.25. The van der Waals surface area contributed by atoms with Gasteiger partial charge in [-0.05, 0) is 36.8 Å². The average molecular weight is 310 g/mol. The van der Waals surface area contributed by atoms with Crippen LogP contribution in [0.15, 0.2) is 27.4 Å². The smallest absolute Gasteiger partial charge is 0.348 e. The summed E-state index contributed by atoms with van der Waals surface area (Å²) in [6.07, 6.45) is 2.88. The van der Waals surface area contributed by atoms with Gasteiger partial charge in [0, 0.05) is 16.5 Å². The van der Waals surface area contributed by atoms with Gasteiger partial charge >= 0.3 is 5.63 Å². The number of pyridine rings is 1. The number of para-hydroxylation sites is 1. The molecule has 23 heavy (non-hydrogen) atoms. The highest BCUT2D eigenvalue weighted by Gasteiger charge is 2.24. The predicted molar refractivity (Wildman–Crippen MR) is 89.9 cm³/mol. The van der Waals surface area contributed by atoms with Crippen LogP contribution in [0, 0.1) is 5.92 Å². The molecule has 2 heterocycles. The van der Waals surface area contributed by atoms with Crippen molar-refractivity contribution in [2.75, 3.05) is 12.8 Å². The lowest BCUT2D eigenvalue weighted by molar-refractivity contribution is 0.407. The summed E-state index contributed by atoms with van der Waals surface area (Å²) in [5.41, 5.74) is 8.22. The fourth-order valence-corrected chi connectivity index (χ4v) is 3.58. The van der Waals surface area contributed by atoms with Crippen LogP contribution in [0.1, 0.15) is 24.6 Å². The summed E-state index contributed by atoms with van der Waals surface area (Å²) in [6.45, 7) is 2.22. The first-order chi connectivity index (χ1) is 11.1. The number of methoxy groups -OCH3 is 1. The molecular weight excluding hydrogens is 292 g/mol. The monoisotopic (exact) mass is 310 g/mol. The van der Waals surface area contributed by atoms with Gasteiger partial charge in [0.25, 0.3) is 0 Å². The van der Waals surface area contributed by atoms with E-state index in [0.717, 1.165) is 41.3 Å². The molecule has 0 saturated carbocycles. The molecule has 5 nitrogen and oxygen atoms in total. The largest absolute Gasteiger partial charge is 0.493 e. The van der Waals surface area contributed by atoms with Gasteiger partial charge in [0.05, 0.1) is 7.11 Å². The van der Waals surface area contributed by atoms with E-state index in [-0.39, 0.29) is 5.82 Å². The summed E-state index contributed by atoms with van der Waals surface area (Å²) >= 11 is 0. The molecule has 1 aromatic carbocycles. The van der Waals surface area contributed by atoms with Gasteiger partial charge in [0.2, 0.25) is 0 Å². The topological polar surface area (TPSA) is 78.3 Å². The second-order valence-corrected chi connectivity index (χ2v) is 6.25. The van der Waals surface area contributed by atoms with Gasteiger partial charge in [-0.15, -0.1) is 0 Å². The molecule has 1 aliphatic carbocycles. The average Bonchev–Trinajstić information content (AvgIpc) is 2.54. The minimum atomic E-state index is -0.456. The molecule has 0 radical (unpaired) electrons. The van der Waals surface area contributed by atoms with Crippen LogP contribution in [0.3, 0.4) is 0 Å². The van der Waals surface area contributed by atoms with E-state index in [1.807, 2.05) is 12.1 Å². The Labute approximate surface area is 133 Å². The van der Waals surface area contributed by atoms with Gasteiger partial charge in [-0.25, -0.2) is 9.78 Å². The van der Waals surface area contributed by atoms with Gasteiger partial charge < -0.3 is 14.9 Å². The fraction of sp³-hybridized carbons (Fsp3) is 0.333. The number of fused-ring (bicyclic) bond motifs is 5. The molecule has 2 N–H and O–H groups in total. The first-order valence-corrected chi connectivity index (χ1v) is 7.81. The Kier molecular flexibility index (Phi) is 3.04. The van der Waals surface area contributed by atoms with E-state index in [4.69, 9.17) is 14.9 Å². The van der Waals surface area contributed by atoms with E-state index >= 15 is 0 Å². The van der Waals surface area contributed by atoms with Crippen LogP contribution in [-0.4, -0.2) is 12.1 Å². The number of aryl methyl sites for hydroxylation is 1. The highest BCUT2D eigenvalue weighted by atomic mass is 16.5. The maximum Gasteiger partial charge on any atom is 0.348 e. The number of anilines is 1. The Morgan fingerprint density at radius 1 is 1.35 bits per heavy atom. The molecule has 0 saturated heterocycles. The first-order valence-electron chi connectivity index (χ1n) is 7.81. The maximum atomic E-state index is 12.5. The van der Waals surface area contributed by atoms with E-state index in [9.17, 15) is 4.79 Å². The number of benzene rings is 1. The summed E-state index contributed by atoms with van der Waals surface area (Å²) in [5, 5.41) is 2.13. The summed E-state index contributed by atoms with van der Waals surface area (Å²) in [6, 6.07) is 5.63. The Morgan fingerprint density at radius 2 is 2.17 bits per heavy atom. The van der Waals surface area contributed by atoms with Gasteiger partial charge in [0.15, 0.2) is 11.3 Å². The quantitative estimate of drug-likeness (QED) is 0.552. The van der Waals surface area contributed by atoms with Crippen LogP contribution in [0.4, 0.5) is 5.82 Å². The number of hydrogen-bond donors (Lipinski definition) is 1.